The van der Waals surface area contributed by atoms with Crippen LogP contribution < -0.4 is 4.72 Å². The fraction of sp³-hybridized carbons (Fsp3) is 0.333. The van der Waals surface area contributed by atoms with E-state index in [1.165, 1.54) is 0 Å². The van der Waals surface area contributed by atoms with Crippen molar-refractivity contribution < 1.29 is 8.42 Å². The number of hydrogen-bond donors (Lipinski definition) is 1. The minimum absolute atomic E-state index is 0.00200. The van der Waals surface area contributed by atoms with Gasteiger partial charge in [0.25, 0.3) is 0 Å². The average molecular weight is 278 g/mol. The Morgan fingerprint density at radius 2 is 1.94 bits per heavy atom. The van der Waals surface area contributed by atoms with Gasteiger partial charge in [0.2, 0.25) is 0 Å². The number of nitrogens with zero attached hydrogens (tertiary/aromatic N) is 2. The van der Waals surface area contributed by atoms with E-state index in [1.807, 2.05) is 6.07 Å². The Hall–Kier alpha value is -1.18. The number of nitrogens with one attached hydrogen (secondary N) is 1. The number of hydrogen-bond acceptors (Lipinski definition) is 4. The summed E-state index contributed by atoms with van der Waals surface area (Å²) < 4.78 is 25.8. The molecule has 6 nitrogen and oxygen atoms in total. The molecule has 1 aromatic carbocycles. The smallest absolute Gasteiger partial charge is 0.192 e. The third kappa shape index (κ3) is 4.29. The van der Waals surface area contributed by atoms with Crippen LogP contribution in [-0.2, 0) is 16.8 Å². The molecule has 8 heteroatoms. The number of nitroso groups, excluding NO2 is 1. The van der Waals surface area contributed by atoms with Gasteiger partial charge in [-0.3, -0.25) is 0 Å². The highest BCUT2D eigenvalue weighted by molar-refractivity contribution is 7.87. The number of alkyl halides is 1. The van der Waals surface area contributed by atoms with Gasteiger partial charge in [0.05, 0.1) is 11.8 Å². The van der Waals surface area contributed by atoms with Crippen LogP contribution in [0.3, 0.4) is 0 Å². The first-order valence-electron chi connectivity index (χ1n) is 4.80. The molecule has 1 aromatic rings. The van der Waals surface area contributed by atoms with Crippen LogP contribution in [0, 0.1) is 4.91 Å². The van der Waals surface area contributed by atoms with Gasteiger partial charge in [-0.25, -0.2) is 0 Å². The van der Waals surface area contributed by atoms with Crippen molar-refractivity contribution >= 4 is 21.8 Å². The molecular weight excluding hydrogens is 266 g/mol. The Morgan fingerprint density at radius 3 is 2.47 bits per heavy atom. The van der Waals surface area contributed by atoms with Gasteiger partial charge < -0.3 is 0 Å². The molecule has 17 heavy (non-hydrogen) atoms. The molecular formula is C9H12ClN3O3S. The van der Waals surface area contributed by atoms with Crippen LogP contribution in [-0.4, -0.2) is 25.3 Å². The highest BCUT2D eigenvalue weighted by Crippen LogP contribution is 2.03. The maximum Gasteiger partial charge on any atom is 0.319 e. The van der Waals surface area contributed by atoms with E-state index in [4.69, 9.17) is 11.6 Å². The first-order chi connectivity index (χ1) is 8.10. The zero-order valence-corrected chi connectivity index (χ0v) is 10.5. The maximum absolute atomic E-state index is 11.6. The first kappa shape index (κ1) is 13.9. The predicted octanol–water partition coefficient (Wildman–Crippen LogP) is 1.24. The van der Waals surface area contributed by atoms with Gasteiger partial charge in [-0.2, -0.15) is 13.1 Å². The number of halogens is 1. The van der Waals surface area contributed by atoms with Crippen molar-refractivity contribution in [1.82, 2.24) is 9.14 Å². The van der Waals surface area contributed by atoms with Gasteiger partial charge >= 0.3 is 10.2 Å². The monoisotopic (exact) mass is 277 g/mol. The molecule has 0 aliphatic carbocycles. The first-order valence-corrected chi connectivity index (χ1v) is 6.78. The summed E-state index contributed by atoms with van der Waals surface area (Å²) in [7, 11) is -3.91. The van der Waals surface area contributed by atoms with E-state index in [9.17, 15) is 13.3 Å². The van der Waals surface area contributed by atoms with Gasteiger partial charge in [0.15, 0.2) is 0 Å². The topological polar surface area (TPSA) is 78.8 Å². The van der Waals surface area contributed by atoms with E-state index in [2.05, 4.69) is 10.0 Å². The molecule has 0 unspecified atom stereocenters. The zero-order chi connectivity index (χ0) is 12.7. The molecule has 0 aromatic heterocycles. The van der Waals surface area contributed by atoms with Gasteiger partial charge in [-0.1, -0.05) is 30.3 Å². The predicted molar refractivity (Wildman–Crippen MR) is 65.4 cm³/mol. The molecule has 0 saturated carbocycles. The van der Waals surface area contributed by atoms with Crippen molar-refractivity contribution in [2.75, 3.05) is 12.4 Å². The summed E-state index contributed by atoms with van der Waals surface area (Å²) in [5.41, 5.74) is 0.785. The van der Waals surface area contributed by atoms with Crippen LogP contribution in [0.2, 0.25) is 0 Å². The fourth-order valence-corrected chi connectivity index (χ4v) is 2.30. The van der Waals surface area contributed by atoms with Crippen molar-refractivity contribution in [3.63, 3.8) is 0 Å². The zero-order valence-electron chi connectivity index (χ0n) is 8.91. The molecule has 0 heterocycles. The molecule has 0 saturated heterocycles. The second-order valence-electron chi connectivity index (χ2n) is 3.13. The lowest BCUT2D eigenvalue weighted by molar-refractivity contribution is 0.434. The second kappa shape index (κ2) is 6.53. The molecule has 0 radical (unpaired) electrons. The van der Waals surface area contributed by atoms with Crippen molar-refractivity contribution in [3.8, 4) is 0 Å². The third-order valence-electron chi connectivity index (χ3n) is 1.95. The summed E-state index contributed by atoms with van der Waals surface area (Å²) in [6.45, 7) is -0.0628. The van der Waals surface area contributed by atoms with Crippen molar-refractivity contribution in [2.24, 2.45) is 5.29 Å². The Labute approximate surface area is 105 Å². The second-order valence-corrected chi connectivity index (χ2v) is 5.17. The van der Waals surface area contributed by atoms with Crippen molar-refractivity contribution in [3.05, 3.63) is 40.8 Å². The molecule has 0 bridgehead atoms. The Kier molecular flexibility index (Phi) is 5.33. The van der Waals surface area contributed by atoms with E-state index in [-0.39, 0.29) is 19.0 Å². The summed E-state index contributed by atoms with van der Waals surface area (Å²) >= 11 is 5.37. The molecule has 94 valence electrons. The summed E-state index contributed by atoms with van der Waals surface area (Å²) in [5.74, 6) is -0.00200. The minimum Gasteiger partial charge on any atom is -0.192 e. The Morgan fingerprint density at radius 1 is 1.29 bits per heavy atom. The van der Waals surface area contributed by atoms with Crippen LogP contribution in [0.15, 0.2) is 35.6 Å². The SMILES string of the molecule is O=NN(CCCl)S(=O)(=O)NCc1ccccc1. The Balaban J connectivity index is 2.64. The van der Waals surface area contributed by atoms with E-state index in [1.54, 1.807) is 24.3 Å². The normalized spacial score (nSPS) is 11.1. The highest BCUT2D eigenvalue weighted by Gasteiger charge is 2.20. The Bertz CT molecular complexity index is 452. The number of benzene rings is 1. The third-order valence-corrected chi connectivity index (χ3v) is 3.43. The lowest BCUT2D eigenvalue weighted by atomic mass is 10.2. The molecule has 0 aliphatic heterocycles. The maximum atomic E-state index is 11.6. The van der Waals surface area contributed by atoms with Crippen LogP contribution in [0.25, 0.3) is 0 Å². The molecule has 0 atom stereocenters. The quantitative estimate of drug-likeness (QED) is 0.463. The van der Waals surface area contributed by atoms with Crippen molar-refractivity contribution in [2.45, 2.75) is 6.54 Å². The molecule has 1 N–H and O–H groups in total. The average Bonchev–Trinajstić information content (AvgIpc) is 2.34. The molecule has 0 amide bonds. The summed E-state index contributed by atoms with van der Waals surface area (Å²) in [5, 5.41) is 2.41. The minimum atomic E-state index is -3.91. The van der Waals surface area contributed by atoms with Gasteiger partial charge in [-0.15, -0.1) is 20.9 Å². The van der Waals surface area contributed by atoms with E-state index >= 15 is 0 Å². The molecule has 0 spiro atoms. The standard InChI is InChI=1S/C9H12ClN3O3S/c10-6-7-13(12-14)17(15,16)11-8-9-4-2-1-3-5-9/h1-5,11H,6-8H2. The lowest BCUT2D eigenvalue weighted by Gasteiger charge is -2.14. The number of rotatable bonds is 7. The van der Waals surface area contributed by atoms with Gasteiger partial charge in [-0.05, 0) is 5.56 Å². The summed E-state index contributed by atoms with van der Waals surface area (Å²) in [6, 6.07) is 8.94. The van der Waals surface area contributed by atoms with Crippen LogP contribution in [0.4, 0.5) is 0 Å². The van der Waals surface area contributed by atoms with Crippen molar-refractivity contribution in [1.29, 1.82) is 0 Å². The fourth-order valence-electron chi connectivity index (χ4n) is 1.12. The van der Waals surface area contributed by atoms with E-state index in [0.717, 1.165) is 5.56 Å². The van der Waals surface area contributed by atoms with Crippen LogP contribution in [0.1, 0.15) is 5.56 Å². The van der Waals surface area contributed by atoms with Gasteiger partial charge in [0.1, 0.15) is 0 Å². The van der Waals surface area contributed by atoms with E-state index < -0.39 is 10.2 Å². The van der Waals surface area contributed by atoms with E-state index in [0.29, 0.717) is 4.41 Å². The lowest BCUT2D eigenvalue weighted by Crippen LogP contribution is -2.37. The molecule has 1 rings (SSSR count). The van der Waals surface area contributed by atoms with Crippen LogP contribution >= 0.6 is 11.6 Å². The summed E-state index contributed by atoms with van der Waals surface area (Å²) in [6.07, 6.45) is 0. The molecule has 0 aliphatic rings. The van der Waals surface area contributed by atoms with Gasteiger partial charge in [0, 0.05) is 12.4 Å². The highest BCUT2D eigenvalue weighted by atomic mass is 35.5. The summed E-state index contributed by atoms with van der Waals surface area (Å²) in [4.78, 5) is 10.4. The van der Waals surface area contributed by atoms with Crippen LogP contribution in [0.5, 0.6) is 0 Å². The molecule has 0 fully saturated rings. The largest absolute Gasteiger partial charge is 0.319 e.